The first kappa shape index (κ1) is 14.4. The Bertz CT molecular complexity index is 912. The normalized spacial score (nSPS) is 14.3. The molecule has 0 bridgehead atoms. The van der Waals surface area contributed by atoms with Crippen molar-refractivity contribution >= 4 is 23.0 Å². The highest BCUT2D eigenvalue weighted by Gasteiger charge is 2.22. The van der Waals surface area contributed by atoms with E-state index in [2.05, 4.69) is 12.0 Å². The van der Waals surface area contributed by atoms with Crippen LogP contribution in [0.15, 0.2) is 30.5 Å². The van der Waals surface area contributed by atoms with Gasteiger partial charge in [-0.1, -0.05) is 30.7 Å². The number of Topliss-reactive ketones (excluding diaryl/α,β-unsaturated/α-hetero) is 1. The Kier molecular flexibility index (Phi) is 3.42. The van der Waals surface area contributed by atoms with E-state index >= 15 is 0 Å². The molecule has 2 heterocycles. The number of carbonyl (C=O) groups excluding carboxylic acids is 1. The van der Waals surface area contributed by atoms with E-state index in [0.29, 0.717) is 11.4 Å². The van der Waals surface area contributed by atoms with Crippen LogP contribution in [0, 0.1) is 0 Å². The SMILES string of the molecule is CCc1nn2cc3c(nc2c1-c1ccc(Cl)cc1)CCCC3=O. The number of fused-ring (bicyclic) bond motifs is 2. The molecule has 0 amide bonds. The van der Waals surface area contributed by atoms with Crippen molar-refractivity contribution in [3.63, 3.8) is 0 Å². The van der Waals surface area contributed by atoms with Crippen molar-refractivity contribution in [1.82, 2.24) is 14.6 Å². The summed E-state index contributed by atoms with van der Waals surface area (Å²) in [6.45, 7) is 2.08. The number of ketones is 1. The lowest BCUT2D eigenvalue weighted by atomic mass is 9.96. The zero-order valence-electron chi connectivity index (χ0n) is 12.8. The second kappa shape index (κ2) is 5.46. The number of halogens is 1. The minimum absolute atomic E-state index is 0.169. The van der Waals surface area contributed by atoms with Crippen molar-refractivity contribution in [3.8, 4) is 11.1 Å². The van der Waals surface area contributed by atoms with Gasteiger partial charge in [-0.15, -0.1) is 0 Å². The summed E-state index contributed by atoms with van der Waals surface area (Å²) in [6.07, 6.45) is 4.98. The molecule has 0 saturated heterocycles. The molecule has 0 atom stereocenters. The molecular weight excluding hydrogens is 310 g/mol. The molecule has 0 radical (unpaired) electrons. The average molecular weight is 326 g/mol. The molecule has 4 rings (SSSR count). The molecule has 0 N–H and O–H groups in total. The number of nitrogens with zero attached hydrogens (tertiary/aromatic N) is 3. The second-order valence-electron chi connectivity index (χ2n) is 5.83. The second-order valence-corrected chi connectivity index (χ2v) is 6.26. The van der Waals surface area contributed by atoms with Crippen LogP contribution in [0.2, 0.25) is 5.02 Å². The summed E-state index contributed by atoms with van der Waals surface area (Å²) in [5.74, 6) is 0.169. The van der Waals surface area contributed by atoms with Crippen molar-refractivity contribution in [2.75, 3.05) is 0 Å². The van der Waals surface area contributed by atoms with Crippen LogP contribution in [0.25, 0.3) is 16.8 Å². The van der Waals surface area contributed by atoms with Gasteiger partial charge in [0.25, 0.3) is 0 Å². The highest BCUT2D eigenvalue weighted by atomic mass is 35.5. The van der Waals surface area contributed by atoms with Gasteiger partial charge in [0.1, 0.15) is 0 Å². The van der Waals surface area contributed by atoms with E-state index in [1.807, 2.05) is 30.5 Å². The summed E-state index contributed by atoms with van der Waals surface area (Å²) in [5.41, 5.74) is 5.50. The van der Waals surface area contributed by atoms with E-state index in [0.717, 1.165) is 53.0 Å². The summed E-state index contributed by atoms with van der Waals surface area (Å²) in [5, 5.41) is 5.35. The summed E-state index contributed by atoms with van der Waals surface area (Å²) in [7, 11) is 0. The fourth-order valence-electron chi connectivity index (χ4n) is 3.19. The molecule has 2 aromatic heterocycles. The van der Waals surface area contributed by atoms with Crippen LogP contribution < -0.4 is 0 Å². The maximum atomic E-state index is 12.1. The van der Waals surface area contributed by atoms with Crippen molar-refractivity contribution in [2.45, 2.75) is 32.6 Å². The lowest BCUT2D eigenvalue weighted by molar-refractivity contribution is 0.0971. The monoisotopic (exact) mass is 325 g/mol. The van der Waals surface area contributed by atoms with Gasteiger partial charge in [0.05, 0.1) is 17.0 Å². The lowest BCUT2D eigenvalue weighted by Gasteiger charge is -2.13. The molecule has 23 heavy (non-hydrogen) atoms. The third-order valence-electron chi connectivity index (χ3n) is 4.35. The van der Waals surface area contributed by atoms with Crippen LogP contribution in [-0.2, 0) is 12.8 Å². The van der Waals surface area contributed by atoms with Gasteiger partial charge in [0, 0.05) is 23.2 Å². The molecule has 1 aromatic carbocycles. The first-order valence-corrected chi connectivity index (χ1v) is 8.25. The van der Waals surface area contributed by atoms with E-state index in [-0.39, 0.29) is 5.78 Å². The Hall–Kier alpha value is -2.20. The van der Waals surface area contributed by atoms with Crippen LogP contribution in [-0.4, -0.2) is 20.4 Å². The van der Waals surface area contributed by atoms with Gasteiger partial charge >= 0.3 is 0 Å². The third kappa shape index (κ3) is 2.34. The molecule has 116 valence electrons. The maximum Gasteiger partial charge on any atom is 0.166 e. The largest absolute Gasteiger partial charge is 0.294 e. The molecule has 1 aliphatic rings. The zero-order chi connectivity index (χ0) is 16.0. The van der Waals surface area contributed by atoms with E-state index in [1.54, 1.807) is 4.52 Å². The predicted octanol–water partition coefficient (Wildman–Crippen LogP) is 4.13. The topological polar surface area (TPSA) is 47.3 Å². The number of carbonyl (C=O) groups is 1. The maximum absolute atomic E-state index is 12.1. The van der Waals surface area contributed by atoms with E-state index in [1.165, 1.54) is 0 Å². The molecule has 0 fully saturated rings. The number of rotatable bonds is 2. The van der Waals surface area contributed by atoms with Crippen LogP contribution in [0.1, 0.15) is 41.5 Å². The van der Waals surface area contributed by atoms with Gasteiger partial charge in [-0.2, -0.15) is 5.10 Å². The molecule has 1 aliphatic carbocycles. The summed E-state index contributed by atoms with van der Waals surface area (Å²) in [4.78, 5) is 16.9. The van der Waals surface area contributed by atoms with Gasteiger partial charge < -0.3 is 0 Å². The van der Waals surface area contributed by atoms with Crippen LogP contribution in [0.3, 0.4) is 0 Å². The van der Waals surface area contributed by atoms with E-state index in [4.69, 9.17) is 16.6 Å². The third-order valence-corrected chi connectivity index (χ3v) is 4.60. The fourth-order valence-corrected chi connectivity index (χ4v) is 3.31. The van der Waals surface area contributed by atoms with Crippen LogP contribution >= 0.6 is 11.6 Å². The average Bonchev–Trinajstić information content (AvgIpc) is 2.92. The standard InChI is InChI=1S/C18H16ClN3O/c1-2-14-17(11-6-8-12(19)9-7-11)18-20-15-4-3-5-16(23)13(15)10-22(18)21-14/h6-10H,2-5H2,1H3. The van der Waals surface area contributed by atoms with Crippen molar-refractivity contribution in [2.24, 2.45) is 0 Å². The van der Waals surface area contributed by atoms with Crippen molar-refractivity contribution < 1.29 is 4.79 Å². The fraction of sp³-hybridized carbons (Fsp3) is 0.278. The van der Waals surface area contributed by atoms with E-state index < -0.39 is 0 Å². The first-order chi connectivity index (χ1) is 11.2. The predicted molar refractivity (Wildman–Crippen MR) is 90.1 cm³/mol. The molecule has 0 unspecified atom stereocenters. The Balaban J connectivity index is 1.99. The zero-order valence-corrected chi connectivity index (χ0v) is 13.6. The Morgan fingerprint density at radius 2 is 2.00 bits per heavy atom. The molecule has 0 aliphatic heterocycles. The number of benzene rings is 1. The Labute approximate surface area is 139 Å². The number of hydrogen-bond acceptors (Lipinski definition) is 3. The molecule has 3 aromatic rings. The van der Waals surface area contributed by atoms with Gasteiger partial charge in [-0.25, -0.2) is 9.50 Å². The van der Waals surface area contributed by atoms with Crippen LogP contribution in [0.5, 0.6) is 0 Å². The molecule has 4 nitrogen and oxygen atoms in total. The smallest absolute Gasteiger partial charge is 0.166 e. The highest BCUT2D eigenvalue weighted by Crippen LogP contribution is 2.31. The minimum atomic E-state index is 0.169. The highest BCUT2D eigenvalue weighted by molar-refractivity contribution is 6.30. The summed E-state index contributed by atoms with van der Waals surface area (Å²) >= 11 is 6.00. The van der Waals surface area contributed by atoms with E-state index in [9.17, 15) is 4.79 Å². The first-order valence-electron chi connectivity index (χ1n) is 7.87. The van der Waals surface area contributed by atoms with Gasteiger partial charge in [-0.3, -0.25) is 4.79 Å². The minimum Gasteiger partial charge on any atom is -0.294 e. The Morgan fingerprint density at radius 3 is 2.74 bits per heavy atom. The Morgan fingerprint density at radius 1 is 1.22 bits per heavy atom. The van der Waals surface area contributed by atoms with Gasteiger partial charge in [-0.05, 0) is 37.0 Å². The molecular formula is C18H16ClN3O. The molecule has 0 saturated carbocycles. The number of aromatic nitrogens is 3. The number of aryl methyl sites for hydroxylation is 2. The lowest BCUT2D eigenvalue weighted by Crippen LogP contribution is -2.14. The summed E-state index contributed by atoms with van der Waals surface area (Å²) < 4.78 is 1.75. The van der Waals surface area contributed by atoms with Gasteiger partial charge in [0.2, 0.25) is 0 Å². The quantitative estimate of drug-likeness (QED) is 0.711. The summed E-state index contributed by atoms with van der Waals surface area (Å²) in [6, 6.07) is 7.74. The number of hydrogen-bond donors (Lipinski definition) is 0. The van der Waals surface area contributed by atoms with Gasteiger partial charge in [0.15, 0.2) is 11.4 Å². The van der Waals surface area contributed by atoms with Crippen molar-refractivity contribution in [3.05, 3.63) is 52.4 Å². The van der Waals surface area contributed by atoms with Crippen molar-refractivity contribution in [1.29, 1.82) is 0 Å². The molecule has 5 heteroatoms. The van der Waals surface area contributed by atoms with Crippen LogP contribution in [0.4, 0.5) is 0 Å². The molecule has 0 spiro atoms.